The minimum atomic E-state index is 0. The van der Waals surface area contributed by atoms with Crippen LogP contribution in [0.2, 0.25) is 0 Å². The molecule has 0 saturated heterocycles. The molecule has 2 heteroatoms. The van der Waals surface area contributed by atoms with Gasteiger partial charge in [-0.05, 0) is 6.42 Å². The first-order valence-electron chi connectivity index (χ1n) is 4.64. The molecule has 81 valence electrons. The van der Waals surface area contributed by atoms with Crippen LogP contribution in [0.15, 0.2) is 0 Å². The average Bonchev–Trinajstić information content (AvgIpc) is 2.24. The van der Waals surface area contributed by atoms with Gasteiger partial charge in [-0.2, -0.15) is 20.8 Å². The third kappa shape index (κ3) is 102. The van der Waals surface area contributed by atoms with Gasteiger partial charge >= 0.3 is 26.2 Å². The fourth-order valence-electron chi connectivity index (χ4n) is 0.362. The average molecular weight is 267 g/mol. The van der Waals surface area contributed by atoms with Crippen LogP contribution in [0.5, 0.6) is 0 Å². The Morgan fingerprint density at radius 3 is 1.23 bits per heavy atom. The van der Waals surface area contributed by atoms with E-state index < -0.39 is 0 Å². The normalized spacial score (nSPS) is 5.54. The smallest absolute Gasteiger partial charge is 0.396 e. The van der Waals surface area contributed by atoms with Gasteiger partial charge in [-0.1, -0.05) is 19.8 Å². The van der Waals surface area contributed by atoms with Crippen LogP contribution in [-0.2, 0) is 26.2 Å². The summed E-state index contributed by atoms with van der Waals surface area (Å²) in [4.78, 5) is 0. The van der Waals surface area contributed by atoms with E-state index in [1.807, 2.05) is 0 Å². The van der Waals surface area contributed by atoms with Crippen LogP contribution < -0.4 is 0 Å². The minimum absolute atomic E-state index is 0. The van der Waals surface area contributed by atoms with E-state index in [1.165, 1.54) is 6.42 Å². The summed E-state index contributed by atoms with van der Waals surface area (Å²) in [7, 11) is 0. The first kappa shape index (κ1) is 29.2. The Kier molecular flexibility index (Phi) is 172. The van der Waals surface area contributed by atoms with Crippen molar-refractivity contribution in [3.05, 3.63) is 20.8 Å². The van der Waals surface area contributed by atoms with Crippen molar-refractivity contribution in [1.82, 2.24) is 0 Å². The molecule has 0 aliphatic heterocycles. The van der Waals surface area contributed by atoms with Crippen molar-refractivity contribution in [3.8, 4) is 0 Å². The first-order valence-corrected chi connectivity index (χ1v) is 4.64. The zero-order chi connectivity index (χ0) is 10.8. The van der Waals surface area contributed by atoms with Gasteiger partial charge < -0.3 is 25.9 Å². The van der Waals surface area contributed by atoms with Gasteiger partial charge in [0.15, 0.2) is 0 Å². The molecule has 1 radical (unpaired) electrons. The van der Waals surface area contributed by atoms with Crippen molar-refractivity contribution in [2.24, 2.45) is 0 Å². The fourth-order valence-corrected chi connectivity index (χ4v) is 0.362. The van der Waals surface area contributed by atoms with Crippen molar-refractivity contribution in [1.29, 1.82) is 0 Å². The topological polar surface area (TPSA) is 20.2 Å². The van der Waals surface area contributed by atoms with Crippen LogP contribution in [0.1, 0.15) is 47.0 Å². The second-order valence-electron chi connectivity index (χ2n) is 1.43. The second kappa shape index (κ2) is 76.8. The third-order valence-corrected chi connectivity index (χ3v) is 0.762. The zero-order valence-corrected chi connectivity index (χ0v) is 12.4. The van der Waals surface area contributed by atoms with Crippen molar-refractivity contribution in [2.75, 3.05) is 6.61 Å². The Balaban J connectivity index is -0.0000000263. The van der Waals surface area contributed by atoms with Crippen LogP contribution in [0.3, 0.4) is 0 Å². The molecule has 0 heterocycles. The Hall–Kier alpha value is 0.843. The predicted molar refractivity (Wildman–Crippen MR) is 59.7 cm³/mol. The SMILES string of the molecule is CCCCCO.[CH2-]C.[CH2-]C.[CH2-]C.[Zr+3]. The van der Waals surface area contributed by atoms with E-state index in [2.05, 4.69) is 27.7 Å². The van der Waals surface area contributed by atoms with E-state index in [0.29, 0.717) is 6.61 Å². The molecule has 0 fully saturated rings. The van der Waals surface area contributed by atoms with Gasteiger partial charge in [0.25, 0.3) is 0 Å². The third-order valence-electron chi connectivity index (χ3n) is 0.762. The maximum Gasteiger partial charge on any atom is 3.00 e. The molecule has 13 heavy (non-hydrogen) atoms. The van der Waals surface area contributed by atoms with E-state index in [1.54, 1.807) is 20.8 Å². The standard InChI is InChI=1S/C5H12O.3C2H5.Zr/c1-2-3-4-5-6;3*1-2;/h6H,2-5H2,1H3;3*1H2,2H3;/q;3*-1;+3. The number of hydrogen-bond donors (Lipinski definition) is 1. The molecule has 0 saturated carbocycles. The van der Waals surface area contributed by atoms with E-state index in [-0.39, 0.29) is 26.2 Å². The summed E-state index contributed by atoms with van der Waals surface area (Å²) in [6.45, 7) is 17.5. The van der Waals surface area contributed by atoms with Gasteiger partial charge in [0, 0.05) is 6.61 Å². The largest absolute Gasteiger partial charge is 3.00 e. The van der Waals surface area contributed by atoms with Crippen LogP contribution in [0, 0.1) is 20.8 Å². The summed E-state index contributed by atoms with van der Waals surface area (Å²) in [5, 5.41) is 8.20. The summed E-state index contributed by atoms with van der Waals surface area (Å²) in [5.74, 6) is 0. The van der Waals surface area contributed by atoms with Crippen LogP contribution in [0.4, 0.5) is 0 Å². The number of unbranched alkanes of at least 4 members (excludes halogenated alkanes) is 2. The number of aliphatic hydroxyl groups excluding tert-OH is 1. The van der Waals surface area contributed by atoms with Crippen LogP contribution in [0.25, 0.3) is 0 Å². The molecular formula is C11H27OZr. The summed E-state index contributed by atoms with van der Waals surface area (Å²) in [6.07, 6.45) is 3.33. The molecule has 1 N–H and O–H groups in total. The Morgan fingerprint density at radius 1 is 0.846 bits per heavy atom. The summed E-state index contributed by atoms with van der Waals surface area (Å²) < 4.78 is 0. The predicted octanol–water partition coefficient (Wildman–Crippen LogP) is 3.69. The summed E-state index contributed by atoms with van der Waals surface area (Å²) >= 11 is 0. The maximum absolute atomic E-state index is 8.20. The molecule has 0 aliphatic rings. The van der Waals surface area contributed by atoms with Gasteiger partial charge in [-0.25, -0.2) is 0 Å². The fraction of sp³-hybridized carbons (Fsp3) is 0.727. The molecular weight excluding hydrogens is 239 g/mol. The van der Waals surface area contributed by atoms with Crippen molar-refractivity contribution in [2.45, 2.75) is 47.0 Å². The molecule has 0 aromatic heterocycles. The van der Waals surface area contributed by atoms with E-state index in [0.717, 1.165) is 12.8 Å². The molecule has 0 unspecified atom stereocenters. The van der Waals surface area contributed by atoms with Crippen LogP contribution >= 0.6 is 0 Å². The van der Waals surface area contributed by atoms with Crippen molar-refractivity contribution < 1.29 is 31.3 Å². The Morgan fingerprint density at radius 2 is 1.15 bits per heavy atom. The van der Waals surface area contributed by atoms with Crippen molar-refractivity contribution >= 4 is 0 Å². The Bertz CT molecular complexity index is 22.1. The molecule has 0 atom stereocenters. The van der Waals surface area contributed by atoms with E-state index in [9.17, 15) is 0 Å². The monoisotopic (exact) mass is 265 g/mol. The number of aliphatic hydroxyl groups is 1. The quantitative estimate of drug-likeness (QED) is 0.610. The molecule has 0 rings (SSSR count). The van der Waals surface area contributed by atoms with Gasteiger partial charge in [-0.3, -0.25) is 0 Å². The van der Waals surface area contributed by atoms with E-state index in [4.69, 9.17) is 5.11 Å². The van der Waals surface area contributed by atoms with Gasteiger partial charge in [0.1, 0.15) is 0 Å². The van der Waals surface area contributed by atoms with E-state index >= 15 is 0 Å². The molecule has 0 amide bonds. The van der Waals surface area contributed by atoms with Crippen molar-refractivity contribution in [3.63, 3.8) is 0 Å². The van der Waals surface area contributed by atoms with Gasteiger partial charge in [0.05, 0.1) is 0 Å². The molecule has 0 aromatic carbocycles. The molecule has 1 nitrogen and oxygen atoms in total. The maximum atomic E-state index is 8.20. The summed E-state index contributed by atoms with van der Waals surface area (Å²) in [5.41, 5.74) is 0. The first-order chi connectivity index (χ1) is 5.91. The second-order valence-corrected chi connectivity index (χ2v) is 1.43. The van der Waals surface area contributed by atoms with Gasteiger partial charge in [0.2, 0.25) is 0 Å². The number of rotatable bonds is 3. The molecule has 0 aromatic rings. The van der Waals surface area contributed by atoms with Crippen LogP contribution in [-0.4, -0.2) is 11.7 Å². The molecule has 0 spiro atoms. The zero-order valence-electron chi connectivity index (χ0n) is 9.90. The number of hydrogen-bond acceptors (Lipinski definition) is 1. The minimum Gasteiger partial charge on any atom is -0.396 e. The Labute approximate surface area is 105 Å². The van der Waals surface area contributed by atoms with Gasteiger partial charge in [-0.15, -0.1) is 0 Å². The molecule has 0 aliphatic carbocycles. The molecule has 0 bridgehead atoms. The summed E-state index contributed by atoms with van der Waals surface area (Å²) in [6, 6.07) is 0.